The Bertz CT molecular complexity index is 1760. The molecule has 52 heavy (non-hydrogen) atoms. The highest BCUT2D eigenvalue weighted by atomic mass is 31.2. The number of hydrogen-bond acceptors (Lipinski definition) is 11. The molecule has 1 fully saturated rings. The molecule has 1 aliphatic heterocycles. The molecule has 276 valence electrons. The number of anilines is 1. The third-order valence-electron chi connectivity index (χ3n) is 8.87. The number of nitrogen functional groups attached to an aromatic ring is 1. The van der Waals surface area contributed by atoms with Crippen LogP contribution in [0.4, 0.5) is 5.82 Å². The van der Waals surface area contributed by atoms with Gasteiger partial charge in [0, 0.05) is 24.7 Å². The van der Waals surface area contributed by atoms with E-state index < -0.39 is 38.3 Å². The predicted octanol–water partition coefficient (Wildman–Crippen LogP) is 6.80. The van der Waals surface area contributed by atoms with Crippen LogP contribution in [0.3, 0.4) is 0 Å². The van der Waals surface area contributed by atoms with Gasteiger partial charge in [-0.1, -0.05) is 54.6 Å². The number of methoxy groups -OCH3 is 2. The summed E-state index contributed by atoms with van der Waals surface area (Å²) < 4.78 is 41.6. The fraction of sp³-hybridized carbons (Fsp3) is 0.410. The second-order valence-electron chi connectivity index (χ2n) is 12.9. The lowest BCUT2D eigenvalue weighted by molar-refractivity contribution is -0.0925. The standard InChI is InChI=1S/C39H48N5O7P/c1-27(2)44(28(3)4)52(49-24-10-22-40)51-34-25-37(43-23-21-36(41)42-38(43)45)50-35(34)26-48-39(29-11-8-7-9-12-29,30-13-17-32(46-5)18-14-30)31-15-19-33(47-6)20-16-31/h7-9,11-21,23,27-28,34-35,37H,10,24-26H2,1-6H3,(H2,41,42,45)/t34-,35+,37+,52?/m0/s1. The van der Waals surface area contributed by atoms with Gasteiger partial charge in [-0.2, -0.15) is 10.2 Å². The van der Waals surface area contributed by atoms with E-state index in [1.165, 1.54) is 4.57 Å². The molecule has 2 heterocycles. The van der Waals surface area contributed by atoms with Gasteiger partial charge in [0.05, 0.1) is 46.0 Å². The SMILES string of the molecule is COc1ccc(C(OC[C@H]2O[C@@H](n3ccc(N)nc3=O)C[C@@H]2OP(OCCC#N)N(C(C)C)C(C)C)(c2ccccc2)c2ccc(OC)cc2)cc1. The third-order valence-corrected chi connectivity index (χ3v) is 11.0. The van der Waals surface area contributed by atoms with Gasteiger partial charge in [0.15, 0.2) is 0 Å². The highest BCUT2D eigenvalue weighted by molar-refractivity contribution is 7.44. The maximum Gasteiger partial charge on any atom is 0.351 e. The number of ether oxygens (including phenoxy) is 4. The van der Waals surface area contributed by atoms with Crippen molar-refractivity contribution in [2.45, 2.75) is 76.7 Å². The Morgan fingerprint density at radius 2 is 1.52 bits per heavy atom. The molecular weight excluding hydrogens is 681 g/mol. The van der Waals surface area contributed by atoms with E-state index in [9.17, 15) is 10.1 Å². The average molecular weight is 730 g/mol. The molecule has 13 heteroatoms. The fourth-order valence-electron chi connectivity index (χ4n) is 6.47. The molecule has 0 bridgehead atoms. The zero-order valence-electron chi connectivity index (χ0n) is 30.5. The molecule has 0 spiro atoms. The van der Waals surface area contributed by atoms with Crippen LogP contribution in [0.25, 0.3) is 0 Å². The second-order valence-corrected chi connectivity index (χ2v) is 14.3. The van der Waals surface area contributed by atoms with Crippen LogP contribution in [-0.2, 0) is 24.1 Å². The third kappa shape index (κ3) is 8.81. The number of nitriles is 1. The number of aromatic nitrogens is 2. The predicted molar refractivity (Wildman–Crippen MR) is 200 cm³/mol. The first-order chi connectivity index (χ1) is 25.1. The summed E-state index contributed by atoms with van der Waals surface area (Å²) in [4.78, 5) is 17.0. The van der Waals surface area contributed by atoms with E-state index >= 15 is 0 Å². The van der Waals surface area contributed by atoms with E-state index in [1.54, 1.807) is 26.5 Å². The van der Waals surface area contributed by atoms with Crippen molar-refractivity contribution in [3.8, 4) is 17.6 Å². The molecule has 1 aliphatic rings. The van der Waals surface area contributed by atoms with Crippen molar-refractivity contribution in [3.63, 3.8) is 0 Å². The molecule has 0 radical (unpaired) electrons. The molecule has 0 saturated carbocycles. The largest absolute Gasteiger partial charge is 0.497 e. The monoisotopic (exact) mass is 729 g/mol. The highest BCUT2D eigenvalue weighted by Gasteiger charge is 2.45. The Hall–Kier alpha value is -4.34. The average Bonchev–Trinajstić information content (AvgIpc) is 3.54. The van der Waals surface area contributed by atoms with Gasteiger partial charge in [-0.05, 0) is 74.7 Å². The minimum Gasteiger partial charge on any atom is -0.497 e. The summed E-state index contributed by atoms with van der Waals surface area (Å²) in [7, 11) is 1.63. The molecule has 1 saturated heterocycles. The van der Waals surface area contributed by atoms with Gasteiger partial charge in [0.2, 0.25) is 0 Å². The minimum atomic E-state index is -1.64. The Morgan fingerprint density at radius 1 is 0.942 bits per heavy atom. The first-order valence-corrected chi connectivity index (χ1v) is 18.5. The summed E-state index contributed by atoms with van der Waals surface area (Å²) in [5.41, 5.74) is 6.81. The molecule has 12 nitrogen and oxygen atoms in total. The van der Waals surface area contributed by atoms with Crippen LogP contribution in [0.1, 0.15) is 63.5 Å². The van der Waals surface area contributed by atoms with Crippen molar-refractivity contribution in [3.05, 3.63) is 118 Å². The molecule has 0 amide bonds. The van der Waals surface area contributed by atoms with Crippen molar-refractivity contribution < 1.29 is 28.0 Å². The maximum absolute atomic E-state index is 13.0. The fourth-order valence-corrected chi connectivity index (χ4v) is 8.23. The normalized spacial score (nSPS) is 18.1. The summed E-state index contributed by atoms with van der Waals surface area (Å²) >= 11 is 0. The van der Waals surface area contributed by atoms with Crippen molar-refractivity contribution in [1.29, 1.82) is 5.26 Å². The molecule has 1 unspecified atom stereocenters. The zero-order chi connectivity index (χ0) is 37.3. The molecule has 5 rings (SSSR count). The summed E-state index contributed by atoms with van der Waals surface area (Å²) in [6.45, 7) is 8.60. The van der Waals surface area contributed by atoms with Gasteiger partial charge in [-0.15, -0.1) is 0 Å². The van der Waals surface area contributed by atoms with Crippen LogP contribution in [0.15, 0.2) is 95.9 Å². The van der Waals surface area contributed by atoms with E-state index in [-0.39, 0.29) is 37.5 Å². The van der Waals surface area contributed by atoms with Gasteiger partial charge in [0.1, 0.15) is 35.2 Å². The minimum absolute atomic E-state index is 0.0655. The Morgan fingerprint density at radius 3 is 2.04 bits per heavy atom. The van der Waals surface area contributed by atoms with Gasteiger partial charge in [0.25, 0.3) is 8.53 Å². The van der Waals surface area contributed by atoms with Crippen LogP contribution in [-0.4, -0.2) is 65.9 Å². The Balaban J connectivity index is 1.59. The summed E-state index contributed by atoms with van der Waals surface area (Å²) in [6, 6.07) is 29.5. The summed E-state index contributed by atoms with van der Waals surface area (Å²) in [6.07, 6.45) is 0.183. The smallest absolute Gasteiger partial charge is 0.351 e. The number of nitrogens with two attached hydrogens (primary N) is 1. The van der Waals surface area contributed by atoms with E-state index in [4.69, 9.17) is 33.7 Å². The lowest BCUT2D eigenvalue weighted by Gasteiger charge is -2.39. The molecule has 3 aromatic carbocycles. The molecule has 0 aliphatic carbocycles. The Labute approximate surface area is 307 Å². The number of nitrogens with zero attached hydrogens (tertiary/aromatic N) is 4. The molecule has 2 N–H and O–H groups in total. The summed E-state index contributed by atoms with van der Waals surface area (Å²) in [5, 5.41) is 9.28. The topological polar surface area (TPSA) is 143 Å². The maximum atomic E-state index is 13.0. The van der Waals surface area contributed by atoms with Gasteiger partial charge < -0.3 is 33.7 Å². The van der Waals surface area contributed by atoms with Crippen molar-refractivity contribution >= 4 is 14.3 Å². The van der Waals surface area contributed by atoms with Gasteiger partial charge in [-0.25, -0.2) is 9.46 Å². The Kier molecular flexibility index (Phi) is 13.4. The molecule has 1 aromatic heterocycles. The zero-order valence-corrected chi connectivity index (χ0v) is 31.4. The van der Waals surface area contributed by atoms with Crippen LogP contribution >= 0.6 is 8.53 Å². The van der Waals surface area contributed by atoms with Crippen LogP contribution < -0.4 is 20.9 Å². The van der Waals surface area contributed by atoms with Gasteiger partial charge in [-0.3, -0.25) is 4.57 Å². The van der Waals surface area contributed by atoms with Gasteiger partial charge >= 0.3 is 5.69 Å². The molecule has 4 aromatic rings. The number of benzene rings is 3. The van der Waals surface area contributed by atoms with Crippen LogP contribution in [0, 0.1) is 11.3 Å². The lowest BCUT2D eigenvalue weighted by atomic mass is 9.80. The lowest BCUT2D eigenvalue weighted by Crippen LogP contribution is -2.39. The van der Waals surface area contributed by atoms with E-state index in [2.05, 4.69) is 43.4 Å². The second kappa shape index (κ2) is 17.9. The summed E-state index contributed by atoms with van der Waals surface area (Å²) in [5.74, 6) is 1.54. The quantitative estimate of drug-likeness (QED) is 0.0696. The van der Waals surface area contributed by atoms with Crippen LogP contribution in [0.2, 0.25) is 0 Å². The van der Waals surface area contributed by atoms with E-state index in [0.29, 0.717) is 17.9 Å². The van der Waals surface area contributed by atoms with Crippen molar-refractivity contribution in [2.24, 2.45) is 0 Å². The molecular formula is C39H48N5O7P. The first-order valence-electron chi connectivity index (χ1n) is 17.3. The van der Waals surface area contributed by atoms with Crippen molar-refractivity contribution in [2.75, 3.05) is 33.2 Å². The van der Waals surface area contributed by atoms with Crippen molar-refractivity contribution in [1.82, 2.24) is 14.2 Å². The molecule has 4 atom stereocenters. The van der Waals surface area contributed by atoms with Crippen LogP contribution in [0.5, 0.6) is 11.5 Å². The number of rotatable bonds is 17. The number of hydrogen-bond donors (Lipinski definition) is 1. The van der Waals surface area contributed by atoms with E-state index in [0.717, 1.165) is 16.7 Å². The first kappa shape index (κ1) is 38.9. The highest BCUT2D eigenvalue weighted by Crippen LogP contribution is 2.50. The van der Waals surface area contributed by atoms with E-state index in [1.807, 2.05) is 78.9 Å².